The first kappa shape index (κ1) is 22.2. The van der Waals surface area contributed by atoms with Gasteiger partial charge in [0, 0.05) is 24.2 Å². The first-order valence-corrected chi connectivity index (χ1v) is 11.5. The van der Waals surface area contributed by atoms with E-state index in [2.05, 4.69) is 25.2 Å². The molecule has 1 aromatic rings. The number of carbonyl (C=O) groups excluding carboxylic acids is 1. The van der Waals surface area contributed by atoms with Crippen LogP contribution in [0.5, 0.6) is 11.5 Å². The number of hydrogen-bond donors (Lipinski definition) is 2. The van der Waals surface area contributed by atoms with E-state index < -0.39 is 6.10 Å². The predicted molar refractivity (Wildman–Crippen MR) is 117 cm³/mol. The molecule has 1 aliphatic heterocycles. The lowest BCUT2D eigenvalue weighted by atomic mass is 9.55. The van der Waals surface area contributed by atoms with E-state index >= 15 is 0 Å². The Labute approximate surface area is 185 Å². The van der Waals surface area contributed by atoms with Crippen molar-refractivity contribution >= 4 is 5.97 Å². The van der Waals surface area contributed by atoms with Crippen molar-refractivity contribution in [3.63, 3.8) is 0 Å². The summed E-state index contributed by atoms with van der Waals surface area (Å²) in [6.07, 6.45) is 5.33. The van der Waals surface area contributed by atoms with Gasteiger partial charge in [-0.25, -0.2) is 0 Å². The topological polar surface area (TPSA) is 81.6 Å². The van der Waals surface area contributed by atoms with Crippen LogP contribution in [0.15, 0.2) is 29.8 Å². The van der Waals surface area contributed by atoms with Crippen LogP contribution < -0.4 is 14.8 Å². The molecule has 3 aliphatic rings. The van der Waals surface area contributed by atoms with E-state index in [0.717, 1.165) is 49.3 Å². The van der Waals surface area contributed by atoms with Gasteiger partial charge in [0.15, 0.2) is 11.5 Å². The third kappa shape index (κ3) is 3.85. The summed E-state index contributed by atoms with van der Waals surface area (Å²) in [5.74, 6) is 1.34. The Bertz CT molecular complexity index is 852. The summed E-state index contributed by atoms with van der Waals surface area (Å²) < 4.78 is 16.4. The van der Waals surface area contributed by atoms with Crippen molar-refractivity contribution in [2.45, 2.75) is 51.7 Å². The van der Waals surface area contributed by atoms with Crippen molar-refractivity contribution in [1.82, 2.24) is 0 Å². The Balaban J connectivity index is 1.39. The first-order chi connectivity index (χ1) is 14.9. The number of benzene rings is 1. The fourth-order valence-corrected chi connectivity index (χ4v) is 5.93. The number of ether oxygens (including phenoxy) is 3. The van der Waals surface area contributed by atoms with Gasteiger partial charge in [-0.1, -0.05) is 31.6 Å². The van der Waals surface area contributed by atoms with Gasteiger partial charge in [0.1, 0.15) is 12.0 Å². The number of methoxy groups -OCH3 is 2. The van der Waals surface area contributed by atoms with Crippen LogP contribution in [0.4, 0.5) is 0 Å². The molecule has 4 rings (SSSR count). The normalized spacial score (nSPS) is 34.4. The van der Waals surface area contributed by atoms with Crippen LogP contribution in [0, 0.1) is 23.2 Å². The number of rotatable bonds is 7. The number of allylic oxidation sites excluding steroid dienone is 1. The molecule has 1 heterocycles. The van der Waals surface area contributed by atoms with Gasteiger partial charge in [0.2, 0.25) is 0 Å². The van der Waals surface area contributed by atoms with Crippen LogP contribution in [0.2, 0.25) is 0 Å². The number of fused-ring (bicyclic) bond motifs is 2. The van der Waals surface area contributed by atoms with Crippen molar-refractivity contribution < 1.29 is 29.4 Å². The average Bonchev–Trinajstić information content (AvgIpc) is 3.08. The van der Waals surface area contributed by atoms with Gasteiger partial charge in [-0.3, -0.25) is 4.79 Å². The van der Waals surface area contributed by atoms with E-state index in [-0.39, 0.29) is 29.3 Å². The standard InChI is InChI=1S/C25H35NO5/c1-15-6-5-7-17-13-21-22(23(27)25(15,17)2)18(24(28)31-21)14-26-11-10-16-8-9-19(29-3)20(12-16)30-4/h7-9,12,15,18,21-23,26-27H,5-6,10-11,13-14H2,1-4H3/p+1/t15-,18-,21+,22+,23+,25+/m0/s1. The Morgan fingerprint density at radius 2 is 2.03 bits per heavy atom. The molecule has 0 spiro atoms. The fourth-order valence-electron chi connectivity index (χ4n) is 5.93. The largest absolute Gasteiger partial charge is 0.493 e. The third-order valence-corrected chi connectivity index (χ3v) is 8.08. The maximum absolute atomic E-state index is 12.7. The summed E-state index contributed by atoms with van der Waals surface area (Å²) in [7, 11) is 3.27. The minimum atomic E-state index is -0.538. The van der Waals surface area contributed by atoms with Gasteiger partial charge in [-0.15, -0.1) is 0 Å². The predicted octanol–water partition coefficient (Wildman–Crippen LogP) is 2.09. The highest BCUT2D eigenvalue weighted by Crippen LogP contribution is 2.55. The monoisotopic (exact) mass is 430 g/mol. The number of nitrogens with two attached hydrogens (primary N) is 1. The van der Waals surface area contributed by atoms with Gasteiger partial charge in [0.05, 0.1) is 33.4 Å². The number of hydrogen-bond acceptors (Lipinski definition) is 5. The molecule has 3 N–H and O–H groups in total. The quantitative estimate of drug-likeness (QED) is 0.393. The van der Waals surface area contributed by atoms with Crippen molar-refractivity contribution in [3.8, 4) is 11.5 Å². The number of aliphatic hydroxyl groups excluding tert-OH is 1. The smallest absolute Gasteiger partial charge is 0.315 e. The molecule has 2 fully saturated rings. The summed E-state index contributed by atoms with van der Waals surface area (Å²) in [4.78, 5) is 12.7. The van der Waals surface area contributed by atoms with E-state index in [0.29, 0.717) is 12.5 Å². The van der Waals surface area contributed by atoms with Gasteiger partial charge >= 0.3 is 5.97 Å². The molecule has 0 amide bonds. The summed E-state index contributed by atoms with van der Waals surface area (Å²) >= 11 is 0. The number of quaternary nitrogens is 1. The zero-order chi connectivity index (χ0) is 22.2. The fraction of sp³-hybridized carbons (Fsp3) is 0.640. The highest BCUT2D eigenvalue weighted by molar-refractivity contribution is 5.76. The van der Waals surface area contributed by atoms with Crippen LogP contribution in [0.25, 0.3) is 0 Å². The summed E-state index contributed by atoms with van der Waals surface area (Å²) in [5, 5.41) is 13.6. The molecule has 1 saturated heterocycles. The van der Waals surface area contributed by atoms with Crippen LogP contribution in [-0.4, -0.2) is 50.6 Å². The number of esters is 1. The molecule has 6 nitrogen and oxygen atoms in total. The highest BCUT2D eigenvalue weighted by atomic mass is 16.6. The Kier molecular flexibility index (Phi) is 6.31. The maximum Gasteiger partial charge on any atom is 0.315 e. The Morgan fingerprint density at radius 3 is 2.77 bits per heavy atom. The third-order valence-electron chi connectivity index (χ3n) is 8.08. The lowest BCUT2D eigenvalue weighted by molar-refractivity contribution is -0.659. The first-order valence-electron chi connectivity index (χ1n) is 11.5. The minimum absolute atomic E-state index is 0.118. The van der Waals surface area contributed by atoms with Crippen molar-refractivity contribution in [2.24, 2.45) is 23.2 Å². The number of aliphatic hydroxyl groups is 1. The van der Waals surface area contributed by atoms with E-state index in [1.165, 1.54) is 5.57 Å². The molecule has 6 heteroatoms. The lowest BCUT2D eigenvalue weighted by Gasteiger charge is -2.51. The second kappa shape index (κ2) is 8.83. The molecular formula is C25H36NO5+. The summed E-state index contributed by atoms with van der Waals surface area (Å²) in [6.45, 7) is 5.92. The van der Waals surface area contributed by atoms with Crippen LogP contribution >= 0.6 is 0 Å². The van der Waals surface area contributed by atoms with Gasteiger partial charge in [-0.2, -0.15) is 0 Å². The minimum Gasteiger partial charge on any atom is -0.493 e. The molecule has 0 bridgehead atoms. The van der Waals surface area contributed by atoms with Crippen LogP contribution in [0.1, 0.15) is 38.7 Å². The average molecular weight is 431 g/mol. The van der Waals surface area contributed by atoms with E-state index in [4.69, 9.17) is 14.2 Å². The number of carbonyl (C=O) groups is 1. The molecule has 31 heavy (non-hydrogen) atoms. The van der Waals surface area contributed by atoms with E-state index in [1.54, 1.807) is 14.2 Å². The highest BCUT2D eigenvalue weighted by Gasteiger charge is 2.60. The Morgan fingerprint density at radius 1 is 1.26 bits per heavy atom. The second-order valence-electron chi connectivity index (χ2n) is 9.55. The van der Waals surface area contributed by atoms with Crippen molar-refractivity contribution in [1.29, 1.82) is 0 Å². The maximum atomic E-state index is 12.7. The molecule has 6 atom stereocenters. The zero-order valence-electron chi connectivity index (χ0n) is 19.1. The van der Waals surface area contributed by atoms with Crippen LogP contribution in [0.3, 0.4) is 0 Å². The lowest BCUT2D eigenvalue weighted by Crippen LogP contribution is -2.86. The molecule has 2 aliphatic carbocycles. The van der Waals surface area contributed by atoms with Gasteiger partial charge < -0.3 is 24.6 Å². The van der Waals surface area contributed by atoms with Crippen LogP contribution in [-0.2, 0) is 16.0 Å². The van der Waals surface area contributed by atoms with E-state index in [9.17, 15) is 9.90 Å². The van der Waals surface area contributed by atoms with E-state index in [1.807, 2.05) is 18.2 Å². The SMILES string of the molecule is COc1ccc(CC[NH2+]C[C@@H]2C(=O)O[C@@H]3CC4=CCC[C@H](C)[C@@]4(C)[C@H](O)[C@H]23)cc1OC. The van der Waals surface area contributed by atoms with Gasteiger partial charge in [0.25, 0.3) is 0 Å². The van der Waals surface area contributed by atoms with Gasteiger partial charge in [-0.05, 0) is 36.5 Å². The molecule has 1 aromatic carbocycles. The molecule has 0 aromatic heterocycles. The van der Waals surface area contributed by atoms with Crippen molar-refractivity contribution in [3.05, 3.63) is 35.4 Å². The Hall–Kier alpha value is -2.05. The molecule has 1 saturated carbocycles. The molecule has 0 radical (unpaired) electrons. The zero-order valence-corrected chi connectivity index (χ0v) is 19.1. The summed E-state index contributed by atoms with van der Waals surface area (Å²) in [6, 6.07) is 5.96. The van der Waals surface area contributed by atoms with Crippen molar-refractivity contribution in [2.75, 3.05) is 27.3 Å². The second-order valence-corrected chi connectivity index (χ2v) is 9.55. The molecule has 170 valence electrons. The molecular weight excluding hydrogens is 394 g/mol. The molecule has 0 unspecified atom stereocenters. The summed E-state index contributed by atoms with van der Waals surface area (Å²) in [5.41, 5.74) is 2.20.